The number of phenols is 1. The Morgan fingerprint density at radius 2 is 2.15 bits per heavy atom. The molecule has 1 rings (SSSR count). The summed E-state index contributed by atoms with van der Waals surface area (Å²) in [7, 11) is 0. The number of hydrogen-bond acceptors (Lipinski definition) is 3. The Morgan fingerprint density at radius 3 is 2.77 bits per heavy atom. The predicted molar refractivity (Wildman–Crippen MR) is 52.5 cm³/mol. The normalized spacial score (nSPS) is 12.8. The molecule has 0 saturated heterocycles. The van der Waals surface area contributed by atoms with E-state index in [9.17, 15) is 5.11 Å². The largest absolute Gasteiger partial charge is 0.508 e. The van der Waals surface area contributed by atoms with Crippen LogP contribution in [0.4, 0.5) is 5.69 Å². The number of nitrogens with two attached hydrogens (primary N) is 1. The smallest absolute Gasteiger partial charge is 0.118 e. The number of aromatic hydroxyl groups is 1. The van der Waals surface area contributed by atoms with Gasteiger partial charge < -0.3 is 15.9 Å². The molecule has 3 heteroatoms. The molecule has 4 N–H and O–H groups in total. The summed E-state index contributed by atoms with van der Waals surface area (Å²) in [6.45, 7) is 1.73. The quantitative estimate of drug-likeness (QED) is 0.486. The lowest BCUT2D eigenvalue weighted by Crippen LogP contribution is -2.01. The van der Waals surface area contributed by atoms with Crippen LogP contribution in [0.2, 0.25) is 0 Å². The van der Waals surface area contributed by atoms with Gasteiger partial charge in [0.1, 0.15) is 5.75 Å². The van der Waals surface area contributed by atoms with E-state index in [4.69, 9.17) is 10.8 Å². The third kappa shape index (κ3) is 2.95. The zero-order valence-electron chi connectivity index (χ0n) is 7.70. The lowest BCUT2D eigenvalue weighted by atomic mass is 10.1. The maximum absolute atomic E-state index is 9.41. The molecular formula is C10H15NO2. The lowest BCUT2D eigenvalue weighted by Gasteiger charge is -2.06. The van der Waals surface area contributed by atoms with E-state index < -0.39 is 0 Å². The van der Waals surface area contributed by atoms with Crippen LogP contribution < -0.4 is 5.73 Å². The van der Waals surface area contributed by atoms with E-state index in [1.807, 2.05) is 0 Å². The molecule has 0 bridgehead atoms. The second-order valence-corrected chi connectivity index (χ2v) is 3.28. The molecule has 0 heterocycles. The van der Waals surface area contributed by atoms with Gasteiger partial charge in [-0.15, -0.1) is 0 Å². The summed E-state index contributed by atoms with van der Waals surface area (Å²) in [5.74, 6) is 0.245. The summed E-state index contributed by atoms with van der Waals surface area (Å²) in [5, 5.41) is 18.5. The third-order valence-corrected chi connectivity index (χ3v) is 1.94. The van der Waals surface area contributed by atoms with Gasteiger partial charge >= 0.3 is 0 Å². The lowest BCUT2D eigenvalue weighted by molar-refractivity contribution is 0.184. The second kappa shape index (κ2) is 4.14. The molecule has 0 amide bonds. The average molecular weight is 181 g/mol. The van der Waals surface area contributed by atoms with Crippen LogP contribution in [-0.4, -0.2) is 16.3 Å². The third-order valence-electron chi connectivity index (χ3n) is 1.94. The predicted octanol–water partition coefficient (Wildman–Crippen LogP) is 1.29. The molecule has 13 heavy (non-hydrogen) atoms. The Bertz CT molecular complexity index is 284. The first-order chi connectivity index (χ1) is 6.09. The summed E-state index contributed by atoms with van der Waals surface area (Å²) >= 11 is 0. The topological polar surface area (TPSA) is 66.5 Å². The number of aliphatic hydroxyl groups excluding tert-OH is 1. The van der Waals surface area contributed by atoms with Crippen LogP contribution in [-0.2, 0) is 6.42 Å². The van der Waals surface area contributed by atoms with Gasteiger partial charge in [0.25, 0.3) is 0 Å². The highest BCUT2D eigenvalue weighted by atomic mass is 16.3. The first-order valence-corrected chi connectivity index (χ1v) is 4.35. The van der Waals surface area contributed by atoms with E-state index in [1.165, 1.54) is 0 Å². The van der Waals surface area contributed by atoms with Crippen LogP contribution in [0.15, 0.2) is 18.2 Å². The van der Waals surface area contributed by atoms with E-state index in [-0.39, 0.29) is 11.9 Å². The number of aryl methyl sites for hydroxylation is 1. The first-order valence-electron chi connectivity index (χ1n) is 4.35. The molecule has 0 aliphatic rings. The van der Waals surface area contributed by atoms with Crippen molar-refractivity contribution in [3.63, 3.8) is 0 Å². The monoisotopic (exact) mass is 181 g/mol. The van der Waals surface area contributed by atoms with Crippen molar-refractivity contribution in [2.24, 2.45) is 0 Å². The van der Waals surface area contributed by atoms with Crippen molar-refractivity contribution in [3.8, 4) is 5.75 Å². The molecule has 72 valence electrons. The van der Waals surface area contributed by atoms with Gasteiger partial charge in [-0.1, -0.05) is 0 Å². The molecule has 1 aromatic carbocycles. The Hall–Kier alpha value is -1.22. The highest BCUT2D eigenvalue weighted by Crippen LogP contribution is 2.21. The van der Waals surface area contributed by atoms with Crippen LogP contribution in [0.5, 0.6) is 5.75 Å². The molecule has 0 fully saturated rings. The van der Waals surface area contributed by atoms with Crippen molar-refractivity contribution < 1.29 is 10.2 Å². The number of aliphatic hydroxyl groups is 1. The van der Waals surface area contributed by atoms with Gasteiger partial charge in [0.15, 0.2) is 0 Å². The van der Waals surface area contributed by atoms with Crippen LogP contribution in [0.1, 0.15) is 18.9 Å². The molecule has 0 aliphatic heterocycles. The van der Waals surface area contributed by atoms with Crippen molar-refractivity contribution in [1.29, 1.82) is 0 Å². The van der Waals surface area contributed by atoms with Crippen LogP contribution in [0.25, 0.3) is 0 Å². The van der Waals surface area contributed by atoms with E-state index in [0.717, 1.165) is 5.56 Å². The van der Waals surface area contributed by atoms with Gasteiger partial charge in [0.2, 0.25) is 0 Å². The van der Waals surface area contributed by atoms with Gasteiger partial charge in [-0.25, -0.2) is 0 Å². The maximum Gasteiger partial charge on any atom is 0.118 e. The molecule has 3 nitrogen and oxygen atoms in total. The Kier molecular flexibility index (Phi) is 3.14. The zero-order chi connectivity index (χ0) is 9.84. The maximum atomic E-state index is 9.41. The number of phenolic OH excluding ortho intramolecular Hbond substituents is 1. The van der Waals surface area contributed by atoms with E-state index in [2.05, 4.69) is 0 Å². The van der Waals surface area contributed by atoms with E-state index >= 15 is 0 Å². The molecule has 1 atom stereocenters. The second-order valence-electron chi connectivity index (χ2n) is 3.28. The van der Waals surface area contributed by atoms with Gasteiger partial charge in [-0.05, 0) is 43.5 Å². The Labute approximate surface area is 77.8 Å². The molecule has 0 radical (unpaired) electrons. The number of anilines is 1. The fourth-order valence-electron chi connectivity index (χ4n) is 1.17. The van der Waals surface area contributed by atoms with Crippen LogP contribution in [0, 0.1) is 0 Å². The molecule has 0 aromatic heterocycles. The van der Waals surface area contributed by atoms with Crippen molar-refractivity contribution in [2.45, 2.75) is 25.9 Å². The summed E-state index contributed by atoms with van der Waals surface area (Å²) in [5.41, 5.74) is 6.99. The van der Waals surface area contributed by atoms with Crippen LogP contribution >= 0.6 is 0 Å². The summed E-state index contributed by atoms with van der Waals surface area (Å²) in [6, 6.07) is 4.96. The van der Waals surface area contributed by atoms with Crippen molar-refractivity contribution >= 4 is 5.69 Å². The standard InChI is InChI=1S/C10H15NO2/c1-7(12)2-3-8-6-9(11)4-5-10(8)13/h4-7,12-13H,2-3,11H2,1H3. The van der Waals surface area contributed by atoms with Gasteiger partial charge in [-0.2, -0.15) is 0 Å². The first kappa shape index (κ1) is 9.86. The minimum absolute atomic E-state index is 0.245. The molecule has 0 spiro atoms. The number of benzene rings is 1. The highest BCUT2D eigenvalue weighted by molar-refractivity contribution is 5.47. The molecule has 1 aromatic rings. The van der Waals surface area contributed by atoms with Gasteiger partial charge in [0, 0.05) is 5.69 Å². The van der Waals surface area contributed by atoms with Crippen molar-refractivity contribution in [3.05, 3.63) is 23.8 Å². The molecule has 0 aliphatic carbocycles. The Morgan fingerprint density at radius 1 is 1.46 bits per heavy atom. The van der Waals surface area contributed by atoms with E-state index in [1.54, 1.807) is 25.1 Å². The minimum atomic E-state index is -0.346. The summed E-state index contributed by atoms with van der Waals surface area (Å²) in [6.07, 6.45) is 0.937. The van der Waals surface area contributed by atoms with Gasteiger partial charge in [0.05, 0.1) is 6.10 Å². The van der Waals surface area contributed by atoms with Crippen LogP contribution in [0.3, 0.4) is 0 Å². The number of rotatable bonds is 3. The van der Waals surface area contributed by atoms with E-state index in [0.29, 0.717) is 18.5 Å². The SMILES string of the molecule is CC(O)CCc1cc(N)ccc1O. The fourth-order valence-corrected chi connectivity index (χ4v) is 1.17. The highest BCUT2D eigenvalue weighted by Gasteiger charge is 2.03. The molecule has 1 unspecified atom stereocenters. The number of nitrogen functional groups attached to an aromatic ring is 1. The average Bonchev–Trinajstić information content (AvgIpc) is 2.06. The summed E-state index contributed by atoms with van der Waals surface area (Å²) in [4.78, 5) is 0. The zero-order valence-corrected chi connectivity index (χ0v) is 7.70. The van der Waals surface area contributed by atoms with Crippen molar-refractivity contribution in [1.82, 2.24) is 0 Å². The summed E-state index contributed by atoms with van der Waals surface area (Å²) < 4.78 is 0. The minimum Gasteiger partial charge on any atom is -0.508 e. The molecule has 0 saturated carbocycles. The fraction of sp³-hybridized carbons (Fsp3) is 0.400. The molecular weight excluding hydrogens is 166 g/mol. The van der Waals surface area contributed by atoms with Gasteiger partial charge in [-0.3, -0.25) is 0 Å². The van der Waals surface area contributed by atoms with Crippen molar-refractivity contribution in [2.75, 3.05) is 5.73 Å². The Balaban J connectivity index is 2.70. The number of hydrogen-bond donors (Lipinski definition) is 3.